The third-order valence-electron chi connectivity index (χ3n) is 8.43. The fraction of sp³-hybridized carbons (Fsp3) is 0.382. The van der Waals surface area contributed by atoms with Gasteiger partial charge >= 0.3 is 6.09 Å². The largest absolute Gasteiger partial charge is 0.496 e. The molecule has 5 rings (SSSR count). The quantitative estimate of drug-likeness (QED) is 0.119. The third kappa shape index (κ3) is 21.4. The van der Waals surface area contributed by atoms with Gasteiger partial charge in [0, 0.05) is 43.6 Å². The van der Waals surface area contributed by atoms with Crippen molar-refractivity contribution in [3.63, 3.8) is 0 Å². The van der Waals surface area contributed by atoms with Crippen LogP contribution in [-0.4, -0.2) is 53.1 Å². The van der Waals surface area contributed by atoms with Crippen LogP contribution in [-0.2, 0) is 11.3 Å². The molecule has 2 heterocycles. The lowest BCUT2D eigenvalue weighted by Crippen LogP contribution is -2.44. The second kappa shape index (κ2) is 30.7. The minimum absolute atomic E-state index is 0.00370. The van der Waals surface area contributed by atoms with E-state index >= 15 is 0 Å². The maximum Gasteiger partial charge on any atom is 0.410 e. The van der Waals surface area contributed by atoms with Gasteiger partial charge in [-0.1, -0.05) is 25.6 Å². The molecule has 340 valence electrons. The summed E-state index contributed by atoms with van der Waals surface area (Å²) < 4.78 is 37.7. The standard InChI is InChI=1S/C25H35N3O3.C9H2Cl2F2OS.H12P10.H7P5/c1-25(2,3)31-24(29)28(4)22-9-7-21(8-10-22)27-17-20-16-19(6-11-23(20)30-5)18-12-14-26-15-13-18;10-6-5-3(12)1-2-4(13)7(5)15-8(6)9(11)14;1-7(2)10(8(3)4)9(5)6;1-4-5(2)3/h6,11-16,21-22,27H,7-10,17H2,1-5H3;1-2H;1-6H2;4H,1-3H2. The number of hydrogen-bond acceptors (Lipinski definition) is 7. The number of ether oxygens (including phenoxy) is 2. The Labute approximate surface area is 402 Å². The number of thiophene rings is 1. The molecule has 10 atom stereocenters. The van der Waals surface area contributed by atoms with E-state index in [0.717, 1.165) is 86.1 Å². The SMILES string of the molecule is COc1ccc(-c2ccncc2)cc1CNC1CCC(N(C)C(=O)OC(C)(C)C)CC1.O=C(Cl)c1sc2c(F)ccc(F)c2c1Cl.PP(P)P(P(P)P)P(P)P.PPP(P)P. The number of aromatic nitrogens is 1. The number of carbonyl (C=O) groups excluding carboxylic acids is 2. The molecule has 10 unspecified atom stereocenters. The van der Waals surface area contributed by atoms with Crippen molar-refractivity contribution in [2.24, 2.45) is 0 Å². The molecule has 0 spiro atoms. The number of pyridine rings is 1. The van der Waals surface area contributed by atoms with Crippen molar-refractivity contribution in [3.8, 4) is 16.9 Å². The number of fused-ring (bicyclic) bond motifs is 1. The smallest absolute Gasteiger partial charge is 0.410 e. The van der Waals surface area contributed by atoms with Crippen molar-refractivity contribution >= 4 is 179 Å². The van der Waals surface area contributed by atoms with Crippen molar-refractivity contribution in [2.75, 3.05) is 14.2 Å². The Bertz CT molecular complexity index is 1970. The van der Waals surface area contributed by atoms with E-state index in [1.165, 1.54) is 0 Å². The highest BCUT2D eigenvalue weighted by atomic mass is 35.5. The third-order valence-corrected chi connectivity index (χ3v) is 71.9. The van der Waals surface area contributed by atoms with Crippen LogP contribution < -0.4 is 10.1 Å². The van der Waals surface area contributed by atoms with Crippen molar-refractivity contribution in [2.45, 2.75) is 70.7 Å². The first-order chi connectivity index (χ1) is 28.5. The van der Waals surface area contributed by atoms with E-state index in [9.17, 15) is 18.4 Å². The first-order valence-electron chi connectivity index (χ1n) is 18.0. The fourth-order valence-corrected chi connectivity index (χ4v) is 93.9. The maximum atomic E-state index is 13.3. The molecule has 0 bridgehead atoms. The fourth-order valence-electron chi connectivity index (χ4n) is 5.63. The van der Waals surface area contributed by atoms with Crippen LogP contribution in [0.5, 0.6) is 5.75 Å². The maximum absolute atomic E-state index is 13.3. The molecular formula is C34H56Cl2F2N3O4P15S. The summed E-state index contributed by atoms with van der Waals surface area (Å²) in [4.78, 5) is 29.1. The Morgan fingerprint density at radius 3 is 1.90 bits per heavy atom. The van der Waals surface area contributed by atoms with Gasteiger partial charge in [-0.25, -0.2) is 13.6 Å². The lowest BCUT2D eigenvalue weighted by molar-refractivity contribution is 0.0179. The monoisotopic (exact) mass is 1170 g/mol. The summed E-state index contributed by atoms with van der Waals surface area (Å²) in [5, 5.41) is 2.65. The summed E-state index contributed by atoms with van der Waals surface area (Å²) in [6.07, 6.45) is 7.40. The summed E-state index contributed by atoms with van der Waals surface area (Å²) in [6.45, 7) is 7.30. The van der Waals surface area contributed by atoms with Gasteiger partial charge in [-0.15, -0.1) is 91.7 Å². The average molecular weight is 1180 g/mol. The molecule has 1 amide bonds. The molecule has 2 aromatic heterocycles. The van der Waals surface area contributed by atoms with Gasteiger partial charge in [-0.3, -0.25) is 9.78 Å². The first-order valence-corrected chi connectivity index (χ1v) is 45.0. The van der Waals surface area contributed by atoms with Gasteiger partial charge in [-0.2, -0.15) is 0 Å². The normalized spacial score (nSPS) is 15.4. The Balaban J connectivity index is 0.000000350. The molecular weight excluding hydrogens is 1120 g/mol. The number of amides is 1. The number of nitrogens with one attached hydrogen (secondary N) is 1. The molecule has 0 saturated heterocycles. The van der Waals surface area contributed by atoms with Gasteiger partial charge in [0.2, 0.25) is 0 Å². The van der Waals surface area contributed by atoms with Gasteiger partial charge < -0.3 is 19.7 Å². The van der Waals surface area contributed by atoms with Crippen molar-refractivity contribution in [1.82, 2.24) is 15.2 Å². The number of nitrogens with zero attached hydrogens (tertiary/aromatic N) is 2. The highest BCUT2D eigenvalue weighted by Gasteiger charge is 2.29. The predicted molar refractivity (Wildman–Crippen MR) is 310 cm³/mol. The zero-order chi connectivity index (χ0) is 46.2. The highest BCUT2D eigenvalue weighted by Crippen LogP contribution is 3.10. The van der Waals surface area contributed by atoms with Crippen LogP contribution in [0.15, 0.2) is 54.9 Å². The second-order valence-electron chi connectivity index (χ2n) is 13.9. The molecule has 27 heteroatoms. The first kappa shape index (κ1) is 60.3. The van der Waals surface area contributed by atoms with Crippen LogP contribution in [0.25, 0.3) is 21.2 Å². The van der Waals surface area contributed by atoms with Crippen molar-refractivity contribution < 1.29 is 27.8 Å². The molecule has 1 aliphatic rings. The van der Waals surface area contributed by atoms with E-state index in [-0.39, 0.29) is 67.1 Å². The van der Waals surface area contributed by atoms with E-state index < -0.39 is 22.5 Å². The topological polar surface area (TPSA) is 80.8 Å². The number of hydrogen-bond donors (Lipinski definition) is 1. The Morgan fingerprint density at radius 2 is 1.46 bits per heavy atom. The summed E-state index contributed by atoms with van der Waals surface area (Å²) in [7, 11) is 30.5. The summed E-state index contributed by atoms with van der Waals surface area (Å²) >= 11 is 11.7. The number of halogens is 4. The van der Waals surface area contributed by atoms with Crippen LogP contribution in [0.4, 0.5) is 13.6 Å². The molecule has 1 aliphatic carbocycles. The van der Waals surface area contributed by atoms with E-state index in [1.54, 1.807) is 12.0 Å². The van der Waals surface area contributed by atoms with Crippen molar-refractivity contribution in [3.05, 3.63) is 82.0 Å². The minimum Gasteiger partial charge on any atom is -0.496 e. The molecule has 0 aliphatic heterocycles. The van der Waals surface area contributed by atoms with Gasteiger partial charge in [0.05, 0.1) is 22.2 Å². The lowest BCUT2D eigenvalue weighted by Gasteiger charge is -2.36. The molecule has 4 aromatic rings. The van der Waals surface area contributed by atoms with Gasteiger partial charge in [0.1, 0.15) is 27.9 Å². The summed E-state index contributed by atoms with van der Waals surface area (Å²) in [5.41, 5.74) is 2.98. The highest BCUT2D eigenvalue weighted by molar-refractivity contribution is 9.16. The summed E-state index contributed by atoms with van der Waals surface area (Å²) in [6, 6.07) is 12.9. The van der Waals surface area contributed by atoms with Gasteiger partial charge in [0.25, 0.3) is 5.24 Å². The number of carbonyl (C=O) groups is 2. The van der Waals surface area contributed by atoms with E-state index in [2.05, 4.69) is 103 Å². The van der Waals surface area contributed by atoms with Gasteiger partial charge in [0.15, 0.2) is 0 Å². The molecule has 1 N–H and O–H groups in total. The van der Waals surface area contributed by atoms with E-state index in [4.69, 9.17) is 32.7 Å². The van der Waals surface area contributed by atoms with Crippen LogP contribution in [0.3, 0.4) is 0 Å². The second-order valence-corrected chi connectivity index (χ2v) is 66.2. The zero-order valence-corrected chi connectivity index (χ0v) is 52.5. The molecule has 1 fully saturated rings. The van der Waals surface area contributed by atoms with E-state index in [1.807, 2.05) is 58.4 Å². The Kier molecular flexibility index (Phi) is 30.3. The predicted octanol–water partition coefficient (Wildman–Crippen LogP) is 17.1. The minimum atomic E-state index is -0.819. The number of methoxy groups -OCH3 is 1. The number of rotatable bonds is 11. The number of benzene rings is 2. The average Bonchev–Trinajstić information content (AvgIpc) is 3.56. The lowest BCUT2D eigenvalue weighted by atomic mass is 9.90. The Morgan fingerprint density at radius 1 is 0.918 bits per heavy atom. The van der Waals surface area contributed by atoms with Crippen LogP contribution in [0.1, 0.15) is 61.7 Å². The van der Waals surface area contributed by atoms with Gasteiger partial charge in [-0.05, 0) is 141 Å². The van der Waals surface area contributed by atoms with Crippen LogP contribution in [0, 0.1) is 11.6 Å². The molecule has 7 nitrogen and oxygen atoms in total. The molecule has 61 heavy (non-hydrogen) atoms. The summed E-state index contributed by atoms with van der Waals surface area (Å²) in [5.74, 6) is -0.400. The zero-order valence-electron chi connectivity index (χ0n) is 34.3. The molecule has 0 radical (unpaired) electrons. The van der Waals surface area contributed by atoms with Crippen LogP contribution in [0.2, 0.25) is 5.02 Å². The molecule has 2 aromatic carbocycles. The Hall–Kier alpha value is 3.14. The van der Waals surface area contributed by atoms with Crippen molar-refractivity contribution in [1.29, 1.82) is 0 Å². The molecule has 1 saturated carbocycles. The van der Waals surface area contributed by atoms with E-state index in [0.29, 0.717) is 6.04 Å². The van der Waals surface area contributed by atoms with Crippen LogP contribution >= 0.6 is 158 Å².